The second kappa shape index (κ2) is 7.07. The zero-order valence-corrected chi connectivity index (χ0v) is 16.2. The van der Waals surface area contributed by atoms with Crippen LogP contribution in [0.1, 0.15) is 0 Å². The highest BCUT2D eigenvalue weighted by Crippen LogP contribution is 2.27. The molecule has 0 aliphatic carbocycles. The number of fused-ring (bicyclic) bond motifs is 1. The number of rotatable bonds is 4. The van der Waals surface area contributed by atoms with E-state index in [-0.39, 0.29) is 5.91 Å². The number of hydrogen-bond acceptors (Lipinski definition) is 3. The fraction of sp³-hybridized carbons (Fsp3) is 0.125. The summed E-state index contributed by atoms with van der Waals surface area (Å²) in [4.78, 5) is 16.7. The van der Waals surface area contributed by atoms with Crippen LogP contribution < -0.4 is 5.32 Å². The summed E-state index contributed by atoms with van der Waals surface area (Å²) in [5, 5.41) is 3.73. The van der Waals surface area contributed by atoms with E-state index >= 15 is 0 Å². The molecule has 1 aromatic heterocycles. The minimum Gasteiger partial charge on any atom is -0.324 e. The van der Waals surface area contributed by atoms with Crippen molar-refractivity contribution in [3.05, 3.63) is 51.4 Å². The molecule has 0 aliphatic heterocycles. The Morgan fingerprint density at radius 1 is 1.26 bits per heavy atom. The van der Waals surface area contributed by atoms with Crippen molar-refractivity contribution in [2.45, 2.75) is 5.16 Å². The monoisotopic (exact) mass is 453 g/mol. The molecule has 2 aromatic carbocycles. The lowest BCUT2D eigenvalue weighted by atomic mass is 10.3. The smallest absolute Gasteiger partial charge is 0.234 e. The molecule has 3 rings (SSSR count). The number of nitrogens with zero attached hydrogens (tertiary/aromatic N) is 2. The van der Waals surface area contributed by atoms with Crippen LogP contribution in [0.4, 0.5) is 5.69 Å². The Kier molecular flexibility index (Phi) is 5.08. The van der Waals surface area contributed by atoms with E-state index in [4.69, 9.17) is 0 Å². The molecule has 4 nitrogen and oxygen atoms in total. The van der Waals surface area contributed by atoms with Crippen molar-refractivity contribution in [3.63, 3.8) is 0 Å². The highest BCUT2D eigenvalue weighted by molar-refractivity contribution is 9.11. The zero-order valence-electron chi connectivity index (χ0n) is 12.2. The van der Waals surface area contributed by atoms with Gasteiger partial charge in [0.15, 0.2) is 5.16 Å². The summed E-state index contributed by atoms with van der Waals surface area (Å²) in [6, 6.07) is 13.6. The third-order valence-corrected chi connectivity index (χ3v) is 5.46. The predicted molar refractivity (Wildman–Crippen MR) is 102 cm³/mol. The Labute approximate surface area is 154 Å². The maximum Gasteiger partial charge on any atom is 0.234 e. The van der Waals surface area contributed by atoms with E-state index in [0.29, 0.717) is 5.75 Å². The number of thioether (sulfide) groups is 1. The Morgan fingerprint density at radius 3 is 2.78 bits per heavy atom. The van der Waals surface area contributed by atoms with E-state index in [9.17, 15) is 4.79 Å². The Balaban J connectivity index is 1.67. The lowest BCUT2D eigenvalue weighted by Crippen LogP contribution is -2.14. The van der Waals surface area contributed by atoms with Crippen molar-refractivity contribution in [1.29, 1.82) is 0 Å². The van der Waals surface area contributed by atoms with Crippen LogP contribution in [0.15, 0.2) is 56.6 Å². The van der Waals surface area contributed by atoms with E-state index in [0.717, 1.165) is 30.8 Å². The molecule has 3 aromatic rings. The van der Waals surface area contributed by atoms with Crippen molar-refractivity contribution >= 4 is 66.2 Å². The number of benzene rings is 2. The molecule has 1 amide bonds. The molecular formula is C16H13Br2N3OS. The van der Waals surface area contributed by atoms with Gasteiger partial charge in [0, 0.05) is 16.0 Å². The van der Waals surface area contributed by atoms with Crippen LogP contribution in [0.5, 0.6) is 0 Å². The first-order valence-electron chi connectivity index (χ1n) is 6.84. The van der Waals surface area contributed by atoms with Crippen molar-refractivity contribution in [2.24, 2.45) is 7.05 Å². The van der Waals surface area contributed by atoms with Gasteiger partial charge in [-0.2, -0.15) is 0 Å². The molecule has 1 N–H and O–H groups in total. The van der Waals surface area contributed by atoms with Crippen LogP contribution in [0.2, 0.25) is 0 Å². The minimum atomic E-state index is -0.0647. The van der Waals surface area contributed by atoms with E-state index < -0.39 is 0 Å². The molecule has 0 saturated heterocycles. The fourth-order valence-electron chi connectivity index (χ4n) is 2.16. The number of aromatic nitrogens is 2. The van der Waals surface area contributed by atoms with E-state index in [1.165, 1.54) is 11.8 Å². The van der Waals surface area contributed by atoms with E-state index in [1.807, 2.05) is 54.1 Å². The number of aryl methyl sites for hydroxylation is 1. The highest BCUT2D eigenvalue weighted by atomic mass is 79.9. The predicted octanol–water partition coefficient (Wildman–Crippen LogP) is 4.83. The number of carbonyl (C=O) groups excluding carboxylic acids is 1. The number of hydrogen-bond donors (Lipinski definition) is 1. The first-order valence-corrected chi connectivity index (χ1v) is 9.41. The van der Waals surface area contributed by atoms with Crippen LogP contribution in [-0.2, 0) is 11.8 Å². The molecule has 1 heterocycles. The van der Waals surface area contributed by atoms with Gasteiger partial charge in [-0.05, 0) is 46.3 Å². The largest absolute Gasteiger partial charge is 0.324 e. The van der Waals surface area contributed by atoms with Crippen molar-refractivity contribution < 1.29 is 4.79 Å². The zero-order chi connectivity index (χ0) is 16.4. The minimum absolute atomic E-state index is 0.0647. The standard InChI is InChI=1S/C16H13Br2N3OS/c1-21-14-5-3-2-4-13(14)20-16(21)23-9-15(22)19-12-7-6-10(17)8-11(12)18/h2-8H,9H2,1H3,(H,19,22). The molecule has 0 atom stereocenters. The molecule has 0 radical (unpaired) electrons. The van der Waals surface area contributed by atoms with Crippen molar-refractivity contribution in [3.8, 4) is 0 Å². The van der Waals surface area contributed by atoms with Gasteiger partial charge in [-0.1, -0.05) is 39.8 Å². The molecule has 0 spiro atoms. The summed E-state index contributed by atoms with van der Waals surface area (Å²) in [5.41, 5.74) is 2.75. The number of halogens is 2. The molecule has 0 fully saturated rings. The Hall–Kier alpha value is -1.31. The number of carbonyl (C=O) groups is 1. The van der Waals surface area contributed by atoms with Crippen LogP contribution in [0, 0.1) is 0 Å². The van der Waals surface area contributed by atoms with Crippen LogP contribution in [0.25, 0.3) is 11.0 Å². The SMILES string of the molecule is Cn1c(SCC(=O)Nc2ccc(Br)cc2Br)nc2ccccc21. The number of amides is 1. The normalized spacial score (nSPS) is 10.9. The Morgan fingerprint density at radius 2 is 2.04 bits per heavy atom. The van der Waals surface area contributed by atoms with Gasteiger partial charge in [0.05, 0.1) is 22.5 Å². The maximum atomic E-state index is 12.1. The number of anilines is 1. The second-order valence-corrected chi connectivity index (χ2v) is 7.62. The molecule has 118 valence electrons. The molecule has 7 heteroatoms. The molecule has 23 heavy (non-hydrogen) atoms. The second-order valence-electron chi connectivity index (χ2n) is 4.90. The summed E-state index contributed by atoms with van der Waals surface area (Å²) >= 11 is 8.25. The summed E-state index contributed by atoms with van der Waals surface area (Å²) in [6.45, 7) is 0. The van der Waals surface area contributed by atoms with Crippen LogP contribution >= 0.6 is 43.6 Å². The molecule has 0 unspecified atom stereocenters. The van der Waals surface area contributed by atoms with Gasteiger partial charge in [-0.15, -0.1) is 0 Å². The van der Waals surface area contributed by atoms with Gasteiger partial charge in [0.25, 0.3) is 0 Å². The van der Waals surface area contributed by atoms with Gasteiger partial charge in [-0.3, -0.25) is 4.79 Å². The number of para-hydroxylation sites is 2. The lowest BCUT2D eigenvalue weighted by molar-refractivity contribution is -0.113. The van der Waals surface area contributed by atoms with Crippen molar-refractivity contribution in [2.75, 3.05) is 11.1 Å². The first-order chi connectivity index (χ1) is 11.0. The van der Waals surface area contributed by atoms with Crippen LogP contribution in [0.3, 0.4) is 0 Å². The van der Waals surface area contributed by atoms with Gasteiger partial charge < -0.3 is 9.88 Å². The topological polar surface area (TPSA) is 46.9 Å². The summed E-state index contributed by atoms with van der Waals surface area (Å²) < 4.78 is 3.80. The lowest BCUT2D eigenvalue weighted by Gasteiger charge is -2.07. The highest BCUT2D eigenvalue weighted by Gasteiger charge is 2.11. The molecular weight excluding hydrogens is 442 g/mol. The van der Waals surface area contributed by atoms with Gasteiger partial charge in [0.2, 0.25) is 5.91 Å². The third-order valence-electron chi connectivity index (χ3n) is 3.28. The number of nitrogens with one attached hydrogen (secondary N) is 1. The number of imidazole rings is 1. The van der Waals surface area contributed by atoms with Crippen molar-refractivity contribution in [1.82, 2.24) is 9.55 Å². The summed E-state index contributed by atoms with van der Waals surface area (Å²) in [6.07, 6.45) is 0. The average Bonchev–Trinajstić information content (AvgIpc) is 2.85. The van der Waals surface area contributed by atoms with Crippen LogP contribution in [-0.4, -0.2) is 21.2 Å². The van der Waals surface area contributed by atoms with E-state index in [1.54, 1.807) is 0 Å². The van der Waals surface area contributed by atoms with E-state index in [2.05, 4.69) is 42.2 Å². The molecule has 0 aliphatic rings. The molecule has 0 saturated carbocycles. The fourth-order valence-corrected chi connectivity index (χ4v) is 4.09. The summed E-state index contributed by atoms with van der Waals surface area (Å²) in [7, 11) is 1.96. The third kappa shape index (κ3) is 3.79. The Bertz CT molecular complexity index is 879. The average molecular weight is 455 g/mol. The van der Waals surface area contributed by atoms with Gasteiger partial charge in [0.1, 0.15) is 0 Å². The quantitative estimate of drug-likeness (QED) is 0.574. The van der Waals surface area contributed by atoms with Gasteiger partial charge >= 0.3 is 0 Å². The first kappa shape index (κ1) is 16.5. The van der Waals surface area contributed by atoms with Gasteiger partial charge in [-0.25, -0.2) is 4.98 Å². The molecule has 0 bridgehead atoms. The summed E-state index contributed by atoms with van der Waals surface area (Å²) in [5.74, 6) is 0.240. The maximum absolute atomic E-state index is 12.1.